The highest BCUT2D eigenvalue weighted by molar-refractivity contribution is 5.82. The molecule has 1 aliphatic carbocycles. The minimum atomic E-state index is -0.493. The van der Waals surface area contributed by atoms with Crippen molar-refractivity contribution in [2.24, 2.45) is 0 Å². The molecule has 1 saturated carbocycles. The lowest BCUT2D eigenvalue weighted by Crippen LogP contribution is -2.39. The van der Waals surface area contributed by atoms with Gasteiger partial charge in [0.2, 0.25) is 0 Å². The summed E-state index contributed by atoms with van der Waals surface area (Å²) in [4.78, 5) is 15.1. The van der Waals surface area contributed by atoms with E-state index in [0.29, 0.717) is 6.54 Å². The van der Waals surface area contributed by atoms with Crippen molar-refractivity contribution < 1.29 is 14.3 Å². The van der Waals surface area contributed by atoms with E-state index in [4.69, 9.17) is 9.47 Å². The molecule has 2 aliphatic rings. The molecule has 1 heterocycles. The van der Waals surface area contributed by atoms with Gasteiger partial charge in [-0.1, -0.05) is 43.2 Å². The number of carbonyl (C=O) groups is 1. The number of morpholine rings is 1. The van der Waals surface area contributed by atoms with Gasteiger partial charge < -0.3 is 14.8 Å². The summed E-state index contributed by atoms with van der Waals surface area (Å²) in [6, 6.07) is 9.86. The Bertz CT molecular complexity index is 511. The normalized spacial score (nSPS) is 20.5. The van der Waals surface area contributed by atoms with Crippen LogP contribution in [0.15, 0.2) is 30.3 Å². The van der Waals surface area contributed by atoms with Crippen molar-refractivity contribution in [2.75, 3.05) is 39.4 Å². The van der Waals surface area contributed by atoms with E-state index in [1.54, 1.807) is 0 Å². The fourth-order valence-corrected chi connectivity index (χ4v) is 3.57. The third-order valence-corrected chi connectivity index (χ3v) is 5.03. The van der Waals surface area contributed by atoms with E-state index in [1.165, 1.54) is 12.8 Å². The Balaban J connectivity index is 1.48. The SMILES string of the molecule is O=C(NCCCN1CCOCC1)[C@H](OC1CCCC1)c1ccccc1. The van der Waals surface area contributed by atoms with Crippen molar-refractivity contribution in [3.05, 3.63) is 35.9 Å². The topological polar surface area (TPSA) is 50.8 Å². The lowest BCUT2D eigenvalue weighted by Gasteiger charge is -2.26. The Hall–Kier alpha value is -1.43. The molecule has 5 nitrogen and oxygen atoms in total. The Kier molecular flexibility index (Phi) is 7.27. The van der Waals surface area contributed by atoms with Crippen molar-refractivity contribution in [3.8, 4) is 0 Å². The largest absolute Gasteiger partial charge is 0.379 e. The molecule has 1 saturated heterocycles. The van der Waals surface area contributed by atoms with Crippen LogP contribution in [0.3, 0.4) is 0 Å². The molecule has 3 rings (SSSR count). The summed E-state index contributed by atoms with van der Waals surface area (Å²) in [7, 11) is 0. The first-order valence-electron chi connectivity index (χ1n) is 9.61. The molecule has 0 bridgehead atoms. The van der Waals surface area contributed by atoms with Gasteiger partial charge >= 0.3 is 0 Å². The standard InChI is InChI=1S/C20H30N2O3/c23-20(21-11-6-12-22-13-15-24-16-14-22)19(17-7-2-1-3-8-17)25-18-9-4-5-10-18/h1-3,7-8,18-19H,4-6,9-16H2,(H,21,23)/t19-/m1/s1. The van der Waals surface area contributed by atoms with Crippen LogP contribution in [0.2, 0.25) is 0 Å². The number of hydrogen-bond donors (Lipinski definition) is 1. The summed E-state index contributed by atoms with van der Waals surface area (Å²) < 4.78 is 11.5. The maximum atomic E-state index is 12.7. The predicted octanol–water partition coefficient (Wildman–Crippen LogP) is 2.53. The second-order valence-corrected chi connectivity index (χ2v) is 6.93. The van der Waals surface area contributed by atoms with Crippen LogP contribution in [-0.4, -0.2) is 56.3 Å². The van der Waals surface area contributed by atoms with Gasteiger partial charge in [0.15, 0.2) is 6.10 Å². The number of carbonyl (C=O) groups excluding carboxylic acids is 1. The fourth-order valence-electron chi connectivity index (χ4n) is 3.57. The maximum absolute atomic E-state index is 12.7. The van der Waals surface area contributed by atoms with Gasteiger partial charge in [-0.2, -0.15) is 0 Å². The van der Waals surface area contributed by atoms with Crippen LogP contribution in [0, 0.1) is 0 Å². The number of nitrogens with one attached hydrogen (secondary N) is 1. The van der Waals surface area contributed by atoms with Crippen molar-refractivity contribution in [1.82, 2.24) is 10.2 Å². The lowest BCUT2D eigenvalue weighted by molar-refractivity contribution is -0.137. The summed E-state index contributed by atoms with van der Waals surface area (Å²) in [5.41, 5.74) is 0.945. The fraction of sp³-hybridized carbons (Fsp3) is 0.650. The summed E-state index contributed by atoms with van der Waals surface area (Å²) in [5.74, 6) is -0.0138. The third kappa shape index (κ3) is 5.80. The van der Waals surface area contributed by atoms with Crippen molar-refractivity contribution in [3.63, 3.8) is 0 Å². The van der Waals surface area contributed by atoms with Gasteiger partial charge in [-0.3, -0.25) is 9.69 Å². The molecule has 0 radical (unpaired) electrons. The molecular weight excluding hydrogens is 316 g/mol. The van der Waals surface area contributed by atoms with E-state index in [9.17, 15) is 4.79 Å². The molecule has 2 fully saturated rings. The highest BCUT2D eigenvalue weighted by Gasteiger charge is 2.26. The molecule has 0 unspecified atom stereocenters. The number of ether oxygens (including phenoxy) is 2. The smallest absolute Gasteiger partial charge is 0.253 e. The second kappa shape index (κ2) is 9.90. The van der Waals surface area contributed by atoms with Crippen molar-refractivity contribution in [1.29, 1.82) is 0 Å². The minimum Gasteiger partial charge on any atom is -0.379 e. The van der Waals surface area contributed by atoms with Gasteiger partial charge in [-0.15, -0.1) is 0 Å². The first kappa shape index (κ1) is 18.4. The van der Waals surface area contributed by atoms with Gasteiger partial charge in [0, 0.05) is 19.6 Å². The van der Waals surface area contributed by atoms with Gasteiger partial charge in [0.05, 0.1) is 19.3 Å². The van der Waals surface area contributed by atoms with E-state index in [2.05, 4.69) is 10.2 Å². The highest BCUT2D eigenvalue weighted by atomic mass is 16.5. The van der Waals surface area contributed by atoms with Crippen LogP contribution in [0.1, 0.15) is 43.8 Å². The van der Waals surface area contributed by atoms with Crippen LogP contribution in [0.4, 0.5) is 0 Å². The Morgan fingerprint density at radius 1 is 1.20 bits per heavy atom. The molecule has 1 aromatic rings. The van der Waals surface area contributed by atoms with Gasteiger partial charge in [0.1, 0.15) is 0 Å². The first-order chi connectivity index (χ1) is 12.3. The second-order valence-electron chi connectivity index (χ2n) is 6.93. The zero-order valence-electron chi connectivity index (χ0n) is 15.0. The maximum Gasteiger partial charge on any atom is 0.253 e. The lowest BCUT2D eigenvalue weighted by atomic mass is 10.1. The average Bonchev–Trinajstić information content (AvgIpc) is 3.18. The molecule has 1 amide bonds. The van der Waals surface area contributed by atoms with E-state index in [0.717, 1.165) is 57.7 Å². The zero-order chi connectivity index (χ0) is 17.3. The molecule has 25 heavy (non-hydrogen) atoms. The quantitative estimate of drug-likeness (QED) is 0.735. The van der Waals surface area contributed by atoms with Gasteiger partial charge in [-0.25, -0.2) is 0 Å². The zero-order valence-corrected chi connectivity index (χ0v) is 15.0. The number of amides is 1. The average molecular weight is 346 g/mol. The summed E-state index contributed by atoms with van der Waals surface area (Å²) in [6.07, 6.45) is 5.20. The molecule has 1 aromatic carbocycles. The summed E-state index contributed by atoms with van der Waals surface area (Å²) in [5, 5.41) is 3.07. The molecule has 0 spiro atoms. The number of benzene rings is 1. The summed E-state index contributed by atoms with van der Waals surface area (Å²) in [6.45, 7) is 5.31. The third-order valence-electron chi connectivity index (χ3n) is 5.03. The molecule has 1 N–H and O–H groups in total. The van der Waals surface area contributed by atoms with Crippen LogP contribution in [-0.2, 0) is 14.3 Å². The Morgan fingerprint density at radius 2 is 1.92 bits per heavy atom. The first-order valence-corrected chi connectivity index (χ1v) is 9.61. The monoisotopic (exact) mass is 346 g/mol. The molecule has 1 aliphatic heterocycles. The van der Waals surface area contributed by atoms with E-state index >= 15 is 0 Å². The molecular formula is C20H30N2O3. The highest BCUT2D eigenvalue weighted by Crippen LogP contribution is 2.28. The molecule has 5 heteroatoms. The van der Waals surface area contributed by atoms with Crippen molar-refractivity contribution in [2.45, 2.75) is 44.3 Å². The minimum absolute atomic E-state index is 0.0138. The molecule has 0 aromatic heterocycles. The number of hydrogen-bond acceptors (Lipinski definition) is 4. The summed E-state index contributed by atoms with van der Waals surface area (Å²) >= 11 is 0. The predicted molar refractivity (Wildman–Crippen MR) is 97.4 cm³/mol. The molecule has 138 valence electrons. The van der Waals surface area contributed by atoms with E-state index < -0.39 is 6.10 Å². The van der Waals surface area contributed by atoms with Crippen LogP contribution in [0.25, 0.3) is 0 Å². The van der Waals surface area contributed by atoms with E-state index in [-0.39, 0.29) is 12.0 Å². The van der Waals surface area contributed by atoms with E-state index in [1.807, 2.05) is 30.3 Å². The van der Waals surface area contributed by atoms with Crippen LogP contribution in [0.5, 0.6) is 0 Å². The molecule has 1 atom stereocenters. The van der Waals surface area contributed by atoms with Crippen molar-refractivity contribution >= 4 is 5.91 Å². The number of rotatable bonds is 8. The van der Waals surface area contributed by atoms with Gasteiger partial charge in [-0.05, 0) is 31.4 Å². The van der Waals surface area contributed by atoms with Gasteiger partial charge in [0.25, 0.3) is 5.91 Å². The Morgan fingerprint density at radius 3 is 2.64 bits per heavy atom. The van der Waals surface area contributed by atoms with Crippen LogP contribution >= 0.6 is 0 Å². The van der Waals surface area contributed by atoms with Crippen LogP contribution < -0.4 is 5.32 Å². The Labute approximate surface area is 150 Å². The number of nitrogens with zero attached hydrogens (tertiary/aromatic N) is 1.